The molecule has 1 aliphatic carbocycles. The van der Waals surface area contributed by atoms with Crippen LogP contribution in [0.1, 0.15) is 38.2 Å². The third-order valence-corrected chi connectivity index (χ3v) is 5.18. The number of nitrogens with two attached hydrogens (primary N) is 1. The molecule has 1 aliphatic heterocycles. The molecule has 1 saturated carbocycles. The zero-order valence-corrected chi connectivity index (χ0v) is 14.5. The fraction of sp³-hybridized carbons (Fsp3) is 0.667. The van der Waals surface area contributed by atoms with Gasteiger partial charge in [0.05, 0.1) is 19.1 Å². The van der Waals surface area contributed by atoms with Crippen molar-refractivity contribution in [1.29, 1.82) is 0 Å². The van der Waals surface area contributed by atoms with Crippen LogP contribution >= 0.6 is 0 Å². The Labute approximate surface area is 143 Å². The fourth-order valence-corrected chi connectivity index (χ4v) is 3.64. The second-order valence-electron chi connectivity index (χ2n) is 7.14. The lowest BCUT2D eigenvalue weighted by Gasteiger charge is -2.37. The van der Waals surface area contributed by atoms with Crippen molar-refractivity contribution >= 4 is 11.7 Å². The lowest BCUT2D eigenvalue weighted by molar-refractivity contribution is -0.128. The van der Waals surface area contributed by atoms with Crippen LogP contribution in [0.15, 0.2) is 18.3 Å². The van der Waals surface area contributed by atoms with Crippen molar-refractivity contribution in [3.63, 3.8) is 0 Å². The van der Waals surface area contributed by atoms with Crippen molar-refractivity contribution in [1.82, 2.24) is 10.3 Å². The van der Waals surface area contributed by atoms with Crippen LogP contribution in [0.2, 0.25) is 0 Å². The molecule has 1 amide bonds. The predicted octanol–water partition coefficient (Wildman–Crippen LogP) is 1.44. The van der Waals surface area contributed by atoms with E-state index in [1.165, 1.54) is 0 Å². The van der Waals surface area contributed by atoms with Crippen LogP contribution in [0.3, 0.4) is 0 Å². The largest absolute Gasteiger partial charge is 0.378 e. The number of hydrogen-bond acceptors (Lipinski definition) is 5. The van der Waals surface area contributed by atoms with Crippen molar-refractivity contribution < 1.29 is 9.53 Å². The third kappa shape index (κ3) is 4.05. The second-order valence-corrected chi connectivity index (χ2v) is 7.14. The summed E-state index contributed by atoms with van der Waals surface area (Å²) in [6.07, 6.45) is 5.81. The molecule has 0 spiro atoms. The van der Waals surface area contributed by atoms with Gasteiger partial charge in [-0.15, -0.1) is 0 Å². The van der Waals surface area contributed by atoms with Crippen LogP contribution in [0, 0.1) is 5.92 Å². The summed E-state index contributed by atoms with van der Waals surface area (Å²) < 4.78 is 5.38. The van der Waals surface area contributed by atoms with Gasteiger partial charge in [-0.2, -0.15) is 0 Å². The number of aromatic nitrogens is 1. The summed E-state index contributed by atoms with van der Waals surface area (Å²) in [5, 5.41) is 3.06. The monoisotopic (exact) mass is 332 g/mol. The standard InChI is InChI=1S/C18H28N4O2/c1-18(19)6-3-2-4-15(18)17(23)21-13-14-5-7-20-16(12-14)22-8-10-24-11-9-22/h5,7,12,15H,2-4,6,8-11,13,19H2,1H3,(H,21,23). The van der Waals surface area contributed by atoms with E-state index in [1.807, 2.05) is 19.1 Å². The van der Waals surface area contributed by atoms with Gasteiger partial charge in [-0.3, -0.25) is 4.79 Å². The van der Waals surface area contributed by atoms with Gasteiger partial charge in [-0.25, -0.2) is 4.98 Å². The highest BCUT2D eigenvalue weighted by Gasteiger charge is 2.37. The summed E-state index contributed by atoms with van der Waals surface area (Å²) in [4.78, 5) is 19.2. The van der Waals surface area contributed by atoms with Crippen molar-refractivity contribution in [2.24, 2.45) is 11.7 Å². The minimum atomic E-state index is -0.389. The van der Waals surface area contributed by atoms with Gasteiger partial charge in [0, 0.05) is 31.4 Å². The molecule has 1 aromatic heterocycles. The Morgan fingerprint density at radius 1 is 1.46 bits per heavy atom. The van der Waals surface area contributed by atoms with E-state index in [0.29, 0.717) is 6.54 Å². The highest BCUT2D eigenvalue weighted by molar-refractivity contribution is 5.80. The molecule has 3 N–H and O–H groups in total. The van der Waals surface area contributed by atoms with Crippen LogP contribution < -0.4 is 16.0 Å². The average molecular weight is 332 g/mol. The van der Waals surface area contributed by atoms with Crippen LogP contribution in [0.25, 0.3) is 0 Å². The Morgan fingerprint density at radius 3 is 3.00 bits per heavy atom. The van der Waals surface area contributed by atoms with Crippen molar-refractivity contribution in [2.75, 3.05) is 31.2 Å². The van der Waals surface area contributed by atoms with Gasteiger partial charge in [-0.05, 0) is 37.5 Å². The normalized spacial score (nSPS) is 27.8. The summed E-state index contributed by atoms with van der Waals surface area (Å²) in [5.74, 6) is 0.933. The number of anilines is 1. The fourth-order valence-electron chi connectivity index (χ4n) is 3.64. The number of carbonyl (C=O) groups is 1. The van der Waals surface area contributed by atoms with E-state index >= 15 is 0 Å². The highest BCUT2D eigenvalue weighted by Crippen LogP contribution is 2.31. The quantitative estimate of drug-likeness (QED) is 0.872. The van der Waals surface area contributed by atoms with Crippen molar-refractivity contribution in [2.45, 2.75) is 44.7 Å². The topological polar surface area (TPSA) is 80.5 Å². The van der Waals surface area contributed by atoms with Gasteiger partial charge in [-0.1, -0.05) is 12.8 Å². The van der Waals surface area contributed by atoms with E-state index in [1.54, 1.807) is 6.20 Å². The number of pyridine rings is 1. The molecule has 2 atom stereocenters. The number of amides is 1. The van der Waals surface area contributed by atoms with Gasteiger partial charge in [0.2, 0.25) is 5.91 Å². The number of hydrogen-bond donors (Lipinski definition) is 2. The molecule has 2 aliphatic rings. The van der Waals surface area contributed by atoms with Crippen molar-refractivity contribution in [3.8, 4) is 0 Å². The number of nitrogens with zero attached hydrogens (tertiary/aromatic N) is 2. The Kier molecular flexibility index (Phi) is 5.36. The van der Waals surface area contributed by atoms with Crippen LogP contribution in [-0.4, -0.2) is 42.7 Å². The molecule has 6 heteroatoms. The van der Waals surface area contributed by atoms with Crippen LogP contribution in [0.5, 0.6) is 0 Å². The molecule has 3 rings (SSSR count). The average Bonchev–Trinajstić information content (AvgIpc) is 2.60. The summed E-state index contributed by atoms with van der Waals surface area (Å²) in [6, 6.07) is 4.00. The zero-order valence-electron chi connectivity index (χ0n) is 14.5. The summed E-state index contributed by atoms with van der Waals surface area (Å²) in [6.45, 7) is 5.70. The summed E-state index contributed by atoms with van der Waals surface area (Å²) in [5.41, 5.74) is 7.00. The van der Waals surface area contributed by atoms with Crippen molar-refractivity contribution in [3.05, 3.63) is 23.9 Å². The Balaban J connectivity index is 1.59. The lowest BCUT2D eigenvalue weighted by Crippen LogP contribution is -2.52. The molecule has 2 heterocycles. The van der Waals surface area contributed by atoms with E-state index < -0.39 is 0 Å². The second kappa shape index (κ2) is 7.49. The number of nitrogens with one attached hydrogen (secondary N) is 1. The molecule has 1 saturated heterocycles. The maximum Gasteiger partial charge on any atom is 0.225 e. The van der Waals surface area contributed by atoms with Gasteiger partial charge in [0.15, 0.2) is 0 Å². The molecule has 1 aromatic rings. The van der Waals surface area contributed by atoms with E-state index in [4.69, 9.17) is 10.5 Å². The predicted molar refractivity (Wildman–Crippen MR) is 93.7 cm³/mol. The molecular weight excluding hydrogens is 304 g/mol. The van der Waals surface area contributed by atoms with Gasteiger partial charge in [0.1, 0.15) is 5.82 Å². The molecule has 6 nitrogen and oxygen atoms in total. The summed E-state index contributed by atoms with van der Waals surface area (Å²) >= 11 is 0. The van der Waals surface area contributed by atoms with Gasteiger partial charge in [0.25, 0.3) is 0 Å². The molecule has 0 bridgehead atoms. The molecule has 2 fully saturated rings. The first-order chi connectivity index (χ1) is 11.6. The van der Waals surface area contributed by atoms with Gasteiger partial charge >= 0.3 is 0 Å². The molecule has 24 heavy (non-hydrogen) atoms. The van der Waals surface area contributed by atoms with E-state index in [-0.39, 0.29) is 17.4 Å². The molecule has 132 valence electrons. The lowest BCUT2D eigenvalue weighted by atomic mass is 9.74. The van der Waals surface area contributed by atoms with Crippen LogP contribution in [0.4, 0.5) is 5.82 Å². The molecule has 0 radical (unpaired) electrons. The first kappa shape index (κ1) is 17.2. The third-order valence-electron chi connectivity index (χ3n) is 5.18. The Morgan fingerprint density at radius 2 is 2.25 bits per heavy atom. The molecular formula is C18H28N4O2. The maximum absolute atomic E-state index is 12.5. The minimum Gasteiger partial charge on any atom is -0.378 e. The molecule has 0 aromatic carbocycles. The highest BCUT2D eigenvalue weighted by atomic mass is 16.5. The van der Waals surface area contributed by atoms with Gasteiger partial charge < -0.3 is 20.7 Å². The number of morpholine rings is 1. The number of carbonyl (C=O) groups excluding carboxylic acids is 1. The smallest absolute Gasteiger partial charge is 0.225 e. The minimum absolute atomic E-state index is 0.0736. The summed E-state index contributed by atoms with van der Waals surface area (Å²) in [7, 11) is 0. The zero-order chi connectivity index (χ0) is 17.0. The van der Waals surface area contributed by atoms with Crippen LogP contribution in [-0.2, 0) is 16.1 Å². The number of rotatable bonds is 4. The van der Waals surface area contributed by atoms with E-state index in [9.17, 15) is 4.79 Å². The first-order valence-corrected chi connectivity index (χ1v) is 8.90. The Hall–Kier alpha value is -1.66. The SMILES string of the molecule is CC1(N)CCCCC1C(=O)NCc1ccnc(N2CCOCC2)c1. The number of ether oxygens (including phenoxy) is 1. The maximum atomic E-state index is 12.5. The van der Waals surface area contributed by atoms with E-state index in [0.717, 1.165) is 63.4 Å². The first-order valence-electron chi connectivity index (χ1n) is 8.90. The molecule has 2 unspecified atom stereocenters. The Bertz CT molecular complexity index is 570. The van der Waals surface area contributed by atoms with E-state index in [2.05, 4.69) is 15.2 Å².